The summed E-state index contributed by atoms with van der Waals surface area (Å²) < 4.78 is 14.0. The van der Waals surface area contributed by atoms with Gasteiger partial charge in [0.25, 0.3) is 0 Å². The molecule has 0 spiro atoms. The predicted octanol–water partition coefficient (Wildman–Crippen LogP) is 4.77. The molecule has 0 heterocycles. The summed E-state index contributed by atoms with van der Waals surface area (Å²) in [5, 5.41) is 0. The Bertz CT molecular complexity index is 582. The number of rotatable bonds is 4. The summed E-state index contributed by atoms with van der Waals surface area (Å²) in [6, 6.07) is 12.6. The summed E-state index contributed by atoms with van der Waals surface area (Å²) in [6.45, 7) is 4.82. The minimum Gasteiger partial charge on any atom is -0.341 e. The Hall–Kier alpha value is -1.39. The van der Waals surface area contributed by atoms with Crippen LogP contribution >= 0.6 is 15.9 Å². The second kappa shape index (κ2) is 6.37. The Kier molecular flexibility index (Phi) is 4.78. The van der Waals surface area contributed by atoms with E-state index >= 15 is 0 Å². The van der Waals surface area contributed by atoms with E-state index in [4.69, 9.17) is 5.73 Å². The molecule has 20 heavy (non-hydrogen) atoms. The zero-order valence-corrected chi connectivity index (χ0v) is 13.2. The van der Waals surface area contributed by atoms with E-state index in [1.165, 1.54) is 12.1 Å². The average Bonchev–Trinajstić information content (AvgIpc) is 2.43. The van der Waals surface area contributed by atoms with Gasteiger partial charge in [-0.2, -0.15) is 0 Å². The summed E-state index contributed by atoms with van der Waals surface area (Å²) in [6.07, 6.45) is 0. The quantitative estimate of drug-likeness (QED) is 0.871. The topological polar surface area (TPSA) is 29.3 Å². The molecule has 0 radical (unpaired) electrons. The Labute approximate surface area is 127 Å². The van der Waals surface area contributed by atoms with Crippen molar-refractivity contribution < 1.29 is 4.39 Å². The van der Waals surface area contributed by atoms with Crippen LogP contribution in [0, 0.1) is 5.82 Å². The Balaban J connectivity index is 2.39. The fraction of sp³-hybridized carbons (Fsp3) is 0.250. The zero-order chi connectivity index (χ0) is 14.7. The molecular weight excluding hydrogens is 319 g/mol. The fourth-order valence-electron chi connectivity index (χ4n) is 2.14. The van der Waals surface area contributed by atoms with E-state index in [0.29, 0.717) is 0 Å². The number of halogens is 2. The van der Waals surface area contributed by atoms with Crippen molar-refractivity contribution in [1.82, 2.24) is 0 Å². The van der Waals surface area contributed by atoms with Crippen LogP contribution < -0.4 is 10.6 Å². The maximum atomic E-state index is 13.0. The Morgan fingerprint density at radius 1 is 1.20 bits per heavy atom. The third-order valence-electron chi connectivity index (χ3n) is 3.24. The summed E-state index contributed by atoms with van der Waals surface area (Å²) in [5.74, 6) is -0.226. The lowest BCUT2D eigenvalue weighted by molar-refractivity contribution is 0.628. The molecule has 0 saturated heterocycles. The molecule has 0 aliphatic carbocycles. The molecule has 0 amide bonds. The summed E-state index contributed by atoms with van der Waals surface area (Å²) in [7, 11) is 0. The molecule has 2 nitrogen and oxygen atoms in total. The molecule has 0 unspecified atom stereocenters. The van der Waals surface area contributed by atoms with Gasteiger partial charge in [-0.15, -0.1) is 0 Å². The monoisotopic (exact) mass is 336 g/mol. The lowest BCUT2D eigenvalue weighted by Gasteiger charge is -2.25. The molecule has 2 aromatic carbocycles. The van der Waals surface area contributed by atoms with Gasteiger partial charge >= 0.3 is 0 Å². The van der Waals surface area contributed by atoms with E-state index < -0.39 is 0 Å². The van der Waals surface area contributed by atoms with Crippen LogP contribution in [0.2, 0.25) is 0 Å². The van der Waals surface area contributed by atoms with E-state index in [2.05, 4.69) is 27.8 Å². The molecule has 0 aromatic heterocycles. The van der Waals surface area contributed by atoms with Crippen LogP contribution in [0.25, 0.3) is 0 Å². The van der Waals surface area contributed by atoms with Crippen LogP contribution in [0.1, 0.15) is 25.5 Å². The van der Waals surface area contributed by atoms with Gasteiger partial charge in [0, 0.05) is 22.7 Å². The van der Waals surface area contributed by atoms with Crippen molar-refractivity contribution in [1.29, 1.82) is 0 Å². The maximum absolute atomic E-state index is 13.0. The van der Waals surface area contributed by atoms with Crippen LogP contribution in [0.4, 0.5) is 15.8 Å². The third kappa shape index (κ3) is 3.19. The van der Waals surface area contributed by atoms with Crippen LogP contribution in [0.15, 0.2) is 46.9 Å². The van der Waals surface area contributed by atoms with E-state index in [1.807, 2.05) is 25.1 Å². The summed E-state index contributed by atoms with van der Waals surface area (Å²) >= 11 is 3.60. The van der Waals surface area contributed by atoms with Crippen molar-refractivity contribution in [2.75, 3.05) is 11.4 Å². The molecule has 4 heteroatoms. The Morgan fingerprint density at radius 3 is 2.35 bits per heavy atom. The number of hydrogen-bond acceptors (Lipinski definition) is 2. The largest absolute Gasteiger partial charge is 0.341 e. The summed E-state index contributed by atoms with van der Waals surface area (Å²) in [4.78, 5) is 2.12. The van der Waals surface area contributed by atoms with Crippen LogP contribution in [-0.2, 0) is 0 Å². The van der Waals surface area contributed by atoms with Crippen molar-refractivity contribution in [2.24, 2.45) is 5.73 Å². The van der Waals surface area contributed by atoms with Crippen LogP contribution in [0.5, 0.6) is 0 Å². The van der Waals surface area contributed by atoms with Crippen molar-refractivity contribution in [2.45, 2.75) is 19.9 Å². The molecule has 106 valence electrons. The second-order valence-electron chi connectivity index (χ2n) is 4.72. The zero-order valence-electron chi connectivity index (χ0n) is 11.6. The molecule has 2 N–H and O–H groups in total. The number of anilines is 2. The van der Waals surface area contributed by atoms with Gasteiger partial charge in [0.15, 0.2) is 0 Å². The van der Waals surface area contributed by atoms with Crippen molar-refractivity contribution >= 4 is 27.3 Å². The highest BCUT2D eigenvalue weighted by atomic mass is 79.9. The molecule has 0 aliphatic rings. The van der Waals surface area contributed by atoms with E-state index in [0.717, 1.165) is 28.0 Å². The fourth-order valence-corrected chi connectivity index (χ4v) is 2.75. The van der Waals surface area contributed by atoms with Gasteiger partial charge in [-0.1, -0.05) is 6.07 Å². The Morgan fingerprint density at radius 2 is 1.85 bits per heavy atom. The van der Waals surface area contributed by atoms with Gasteiger partial charge in [0.05, 0.1) is 5.69 Å². The molecular formula is C16H18BrFN2. The molecule has 0 aliphatic heterocycles. The highest BCUT2D eigenvalue weighted by Crippen LogP contribution is 2.33. The third-order valence-corrected chi connectivity index (χ3v) is 3.88. The summed E-state index contributed by atoms with van der Waals surface area (Å²) in [5.41, 5.74) is 8.98. The first-order valence-electron chi connectivity index (χ1n) is 6.61. The van der Waals surface area contributed by atoms with Crippen LogP contribution in [0.3, 0.4) is 0 Å². The average molecular weight is 337 g/mol. The van der Waals surface area contributed by atoms with Crippen molar-refractivity contribution in [3.63, 3.8) is 0 Å². The number of hydrogen-bond donors (Lipinski definition) is 1. The lowest BCUT2D eigenvalue weighted by Crippen LogP contribution is -2.17. The second-order valence-corrected chi connectivity index (χ2v) is 5.57. The SMILES string of the molecule is CCN(c1ccc(F)cc1)c1ccc([C@@H](C)N)cc1Br. The van der Waals surface area contributed by atoms with Crippen LogP contribution in [-0.4, -0.2) is 6.54 Å². The minimum absolute atomic E-state index is 0.00116. The molecule has 1 atom stereocenters. The standard InChI is InChI=1S/C16H18BrFN2/c1-3-20(14-7-5-13(18)6-8-14)16-9-4-12(11(2)19)10-15(16)17/h4-11H,3,19H2,1-2H3/t11-/m1/s1. The van der Waals surface area contributed by atoms with Gasteiger partial charge in [0.1, 0.15) is 5.82 Å². The molecule has 2 rings (SSSR count). The maximum Gasteiger partial charge on any atom is 0.123 e. The van der Waals surface area contributed by atoms with Crippen molar-refractivity contribution in [3.05, 3.63) is 58.3 Å². The highest BCUT2D eigenvalue weighted by molar-refractivity contribution is 9.10. The van der Waals surface area contributed by atoms with Gasteiger partial charge in [-0.25, -0.2) is 4.39 Å². The molecule has 2 aromatic rings. The molecule has 0 fully saturated rings. The van der Waals surface area contributed by atoms with Gasteiger partial charge in [0.2, 0.25) is 0 Å². The van der Waals surface area contributed by atoms with Gasteiger partial charge < -0.3 is 10.6 Å². The first-order valence-corrected chi connectivity index (χ1v) is 7.40. The number of benzene rings is 2. The van der Waals surface area contributed by atoms with E-state index in [1.54, 1.807) is 12.1 Å². The number of nitrogens with zero attached hydrogens (tertiary/aromatic N) is 1. The highest BCUT2D eigenvalue weighted by Gasteiger charge is 2.12. The first kappa shape index (κ1) is 15.0. The predicted molar refractivity (Wildman–Crippen MR) is 85.8 cm³/mol. The van der Waals surface area contributed by atoms with Gasteiger partial charge in [-0.05, 0) is 71.7 Å². The normalized spacial score (nSPS) is 12.2. The van der Waals surface area contributed by atoms with Crippen molar-refractivity contribution in [3.8, 4) is 0 Å². The molecule has 0 saturated carbocycles. The molecule has 0 bridgehead atoms. The lowest BCUT2D eigenvalue weighted by atomic mass is 10.1. The minimum atomic E-state index is -0.226. The number of nitrogens with two attached hydrogens (primary N) is 1. The van der Waals surface area contributed by atoms with Gasteiger partial charge in [-0.3, -0.25) is 0 Å². The smallest absolute Gasteiger partial charge is 0.123 e. The first-order chi connectivity index (χ1) is 9.52. The van der Waals surface area contributed by atoms with E-state index in [9.17, 15) is 4.39 Å². The van der Waals surface area contributed by atoms with E-state index in [-0.39, 0.29) is 11.9 Å².